The number of methoxy groups -OCH3 is 1. The molecule has 1 fully saturated rings. The number of hydrogen-bond donors (Lipinski definition) is 1. The van der Waals surface area contributed by atoms with Gasteiger partial charge < -0.3 is 9.84 Å². The Morgan fingerprint density at radius 1 is 1.40 bits per heavy atom. The van der Waals surface area contributed by atoms with E-state index in [4.69, 9.17) is 4.74 Å². The third kappa shape index (κ3) is 4.09. The van der Waals surface area contributed by atoms with Gasteiger partial charge >= 0.3 is 0 Å². The third-order valence-corrected chi connectivity index (χ3v) is 3.10. The van der Waals surface area contributed by atoms with E-state index in [0.29, 0.717) is 12.0 Å². The van der Waals surface area contributed by atoms with Crippen molar-refractivity contribution in [3.63, 3.8) is 0 Å². The summed E-state index contributed by atoms with van der Waals surface area (Å²) in [6, 6.07) is 0.363. The monoisotopic (exact) mass is 215 g/mol. The van der Waals surface area contributed by atoms with E-state index < -0.39 is 0 Å². The van der Waals surface area contributed by atoms with Gasteiger partial charge in [-0.3, -0.25) is 4.90 Å². The number of rotatable bonds is 6. The summed E-state index contributed by atoms with van der Waals surface area (Å²) in [5, 5.41) is 9.89. The number of ether oxygens (including phenoxy) is 1. The molecule has 0 bridgehead atoms. The van der Waals surface area contributed by atoms with Gasteiger partial charge in [-0.05, 0) is 25.2 Å². The predicted octanol–water partition coefficient (Wildman–Crippen LogP) is 1.50. The fraction of sp³-hybridized carbons (Fsp3) is 1.00. The zero-order chi connectivity index (χ0) is 11.3. The maximum atomic E-state index is 9.89. The summed E-state index contributed by atoms with van der Waals surface area (Å²) in [6.45, 7) is 7.21. The van der Waals surface area contributed by atoms with Crippen LogP contribution in [0.15, 0.2) is 0 Å². The van der Waals surface area contributed by atoms with Crippen LogP contribution in [0.1, 0.15) is 33.1 Å². The first-order valence-electron chi connectivity index (χ1n) is 6.06. The van der Waals surface area contributed by atoms with E-state index in [2.05, 4.69) is 18.7 Å². The van der Waals surface area contributed by atoms with Crippen LogP contribution >= 0.6 is 0 Å². The Hall–Kier alpha value is -0.120. The zero-order valence-electron chi connectivity index (χ0n) is 10.3. The Balaban J connectivity index is 2.46. The molecule has 3 heteroatoms. The molecule has 1 N–H and O–H groups in total. The quantitative estimate of drug-likeness (QED) is 0.729. The van der Waals surface area contributed by atoms with E-state index in [-0.39, 0.29) is 6.10 Å². The lowest BCUT2D eigenvalue weighted by Crippen LogP contribution is -2.44. The number of hydrogen-bond acceptors (Lipinski definition) is 3. The molecule has 1 rings (SSSR count). The van der Waals surface area contributed by atoms with Crippen LogP contribution in [-0.2, 0) is 4.74 Å². The summed E-state index contributed by atoms with van der Waals surface area (Å²) in [6.07, 6.45) is 3.14. The van der Waals surface area contributed by atoms with E-state index in [1.54, 1.807) is 7.11 Å². The molecule has 0 aromatic carbocycles. The second kappa shape index (κ2) is 6.46. The van der Waals surface area contributed by atoms with Gasteiger partial charge in [0.05, 0.1) is 12.7 Å². The highest BCUT2D eigenvalue weighted by molar-refractivity contribution is 4.85. The maximum absolute atomic E-state index is 9.89. The smallest absolute Gasteiger partial charge is 0.0695 e. The van der Waals surface area contributed by atoms with Gasteiger partial charge in [-0.1, -0.05) is 13.8 Å². The summed E-state index contributed by atoms with van der Waals surface area (Å²) < 4.78 is 5.13. The first-order valence-corrected chi connectivity index (χ1v) is 6.06. The van der Waals surface area contributed by atoms with Gasteiger partial charge in [0.1, 0.15) is 0 Å². The highest BCUT2D eigenvalue weighted by Gasteiger charge is 2.30. The van der Waals surface area contributed by atoms with E-state index in [0.717, 1.165) is 39.0 Å². The van der Waals surface area contributed by atoms with E-state index in [1.807, 2.05) is 0 Å². The van der Waals surface area contributed by atoms with Crippen LogP contribution in [0.2, 0.25) is 0 Å². The highest BCUT2D eigenvalue weighted by atomic mass is 16.5. The van der Waals surface area contributed by atoms with Crippen LogP contribution in [0.25, 0.3) is 0 Å². The molecule has 0 heterocycles. The topological polar surface area (TPSA) is 32.7 Å². The van der Waals surface area contributed by atoms with Crippen LogP contribution < -0.4 is 0 Å². The minimum Gasteiger partial charge on any atom is -0.391 e. The molecule has 3 nitrogen and oxygen atoms in total. The Bertz CT molecular complexity index is 173. The molecule has 0 spiro atoms. The van der Waals surface area contributed by atoms with Crippen molar-refractivity contribution < 1.29 is 9.84 Å². The first kappa shape index (κ1) is 12.9. The first-order chi connectivity index (χ1) is 7.15. The summed E-state index contributed by atoms with van der Waals surface area (Å²) >= 11 is 0. The minimum absolute atomic E-state index is 0.124. The molecule has 0 radical (unpaired) electrons. The summed E-state index contributed by atoms with van der Waals surface area (Å²) in [5.74, 6) is 0.648. The van der Waals surface area contributed by atoms with E-state index in [1.165, 1.54) is 0 Å². The van der Waals surface area contributed by atoms with E-state index >= 15 is 0 Å². The Labute approximate surface area is 93.4 Å². The molecule has 1 aliphatic rings. The van der Waals surface area contributed by atoms with Crippen molar-refractivity contribution in [3.8, 4) is 0 Å². The Morgan fingerprint density at radius 2 is 2.13 bits per heavy atom. The molecule has 0 unspecified atom stereocenters. The molecule has 2 atom stereocenters. The molecule has 90 valence electrons. The predicted molar refractivity (Wildman–Crippen MR) is 61.9 cm³/mol. The summed E-state index contributed by atoms with van der Waals surface area (Å²) in [7, 11) is 1.73. The van der Waals surface area contributed by atoms with Gasteiger partial charge in [-0.15, -0.1) is 0 Å². The highest BCUT2D eigenvalue weighted by Crippen LogP contribution is 2.24. The second-order valence-corrected chi connectivity index (χ2v) is 4.95. The number of aliphatic hydroxyl groups is 1. The largest absolute Gasteiger partial charge is 0.391 e. The van der Waals surface area contributed by atoms with Crippen molar-refractivity contribution >= 4 is 0 Å². The van der Waals surface area contributed by atoms with Crippen molar-refractivity contribution in [1.29, 1.82) is 0 Å². The summed E-state index contributed by atoms with van der Waals surface area (Å²) in [4.78, 5) is 2.39. The van der Waals surface area contributed by atoms with E-state index in [9.17, 15) is 5.11 Å². The van der Waals surface area contributed by atoms with Crippen LogP contribution in [-0.4, -0.2) is 49.0 Å². The maximum Gasteiger partial charge on any atom is 0.0695 e. The van der Waals surface area contributed by atoms with Crippen molar-refractivity contribution in [3.05, 3.63) is 0 Å². The SMILES string of the molecule is COCCN(CC(C)C)[C@@H]1CCC[C@@H]1O. The normalized spacial score (nSPS) is 26.8. The van der Waals surface area contributed by atoms with Gasteiger partial charge in [-0.25, -0.2) is 0 Å². The lowest BCUT2D eigenvalue weighted by molar-refractivity contribution is 0.0454. The standard InChI is InChI=1S/C12H25NO2/c1-10(2)9-13(7-8-15-3)11-5-4-6-12(11)14/h10-12,14H,4-9H2,1-3H3/t11-,12+/m1/s1. The van der Waals surface area contributed by atoms with Crippen molar-refractivity contribution in [2.24, 2.45) is 5.92 Å². The number of nitrogens with zero attached hydrogens (tertiary/aromatic N) is 1. The van der Waals surface area contributed by atoms with Crippen LogP contribution in [0.5, 0.6) is 0 Å². The van der Waals surface area contributed by atoms with Crippen molar-refractivity contribution in [1.82, 2.24) is 4.90 Å². The van der Waals surface area contributed by atoms with Crippen LogP contribution in [0.3, 0.4) is 0 Å². The lowest BCUT2D eigenvalue weighted by Gasteiger charge is -2.32. The van der Waals surface area contributed by atoms with Gasteiger partial charge in [0, 0.05) is 26.2 Å². The van der Waals surface area contributed by atoms with Gasteiger partial charge in [0.15, 0.2) is 0 Å². The van der Waals surface area contributed by atoms with Crippen molar-refractivity contribution in [2.45, 2.75) is 45.3 Å². The molecule has 0 saturated heterocycles. The lowest BCUT2D eigenvalue weighted by atomic mass is 10.1. The zero-order valence-corrected chi connectivity index (χ0v) is 10.3. The van der Waals surface area contributed by atoms with Crippen molar-refractivity contribution in [2.75, 3.05) is 26.8 Å². The molecule has 1 aliphatic carbocycles. The second-order valence-electron chi connectivity index (χ2n) is 4.95. The molecular weight excluding hydrogens is 190 g/mol. The molecular formula is C12H25NO2. The molecule has 15 heavy (non-hydrogen) atoms. The Morgan fingerprint density at radius 3 is 2.60 bits per heavy atom. The molecule has 1 saturated carbocycles. The van der Waals surface area contributed by atoms with Gasteiger partial charge in [0.25, 0.3) is 0 Å². The molecule has 0 aliphatic heterocycles. The molecule has 0 aromatic heterocycles. The summed E-state index contributed by atoms with van der Waals surface area (Å²) in [5.41, 5.74) is 0. The fourth-order valence-electron chi connectivity index (χ4n) is 2.42. The fourth-order valence-corrected chi connectivity index (χ4v) is 2.42. The Kier molecular flexibility index (Phi) is 5.58. The minimum atomic E-state index is -0.124. The number of aliphatic hydroxyl groups excluding tert-OH is 1. The third-order valence-electron chi connectivity index (χ3n) is 3.10. The average molecular weight is 215 g/mol. The average Bonchev–Trinajstić information content (AvgIpc) is 2.58. The van der Waals surface area contributed by atoms with Gasteiger partial charge in [0.2, 0.25) is 0 Å². The molecule has 0 amide bonds. The van der Waals surface area contributed by atoms with Crippen LogP contribution in [0.4, 0.5) is 0 Å². The molecule has 0 aromatic rings. The van der Waals surface area contributed by atoms with Gasteiger partial charge in [-0.2, -0.15) is 0 Å². The van der Waals surface area contributed by atoms with Crippen LogP contribution in [0, 0.1) is 5.92 Å².